The lowest BCUT2D eigenvalue weighted by Crippen LogP contribution is -1.90. The van der Waals surface area contributed by atoms with Gasteiger partial charge in [-0.25, -0.2) is 0 Å². The fraction of sp³-hybridized carbons (Fsp3) is 0.154. The van der Waals surface area contributed by atoms with E-state index in [0.717, 1.165) is 17.8 Å². The summed E-state index contributed by atoms with van der Waals surface area (Å²) in [5, 5.41) is 8.10. The molecule has 0 aliphatic heterocycles. The SMILES string of the molecule is CCn1ccc2cc(-c3cc(N)n[nH]3)ccc21. The second-order valence-corrected chi connectivity index (χ2v) is 4.08. The molecular weight excluding hydrogens is 212 g/mol. The van der Waals surface area contributed by atoms with Crippen molar-refractivity contribution in [2.45, 2.75) is 13.5 Å². The van der Waals surface area contributed by atoms with Crippen molar-refractivity contribution >= 4 is 16.7 Å². The van der Waals surface area contributed by atoms with Crippen LogP contribution < -0.4 is 5.73 Å². The van der Waals surface area contributed by atoms with Crippen LogP contribution in [0.15, 0.2) is 36.5 Å². The van der Waals surface area contributed by atoms with Crippen LogP contribution in [0.3, 0.4) is 0 Å². The molecular formula is C13H14N4. The van der Waals surface area contributed by atoms with Crippen LogP contribution >= 0.6 is 0 Å². The summed E-state index contributed by atoms with van der Waals surface area (Å²) in [5.74, 6) is 0.520. The van der Waals surface area contributed by atoms with Crippen molar-refractivity contribution in [2.75, 3.05) is 5.73 Å². The molecule has 3 N–H and O–H groups in total. The van der Waals surface area contributed by atoms with Gasteiger partial charge in [0.25, 0.3) is 0 Å². The highest BCUT2D eigenvalue weighted by atomic mass is 15.2. The van der Waals surface area contributed by atoms with Crippen molar-refractivity contribution in [2.24, 2.45) is 0 Å². The smallest absolute Gasteiger partial charge is 0.145 e. The zero-order chi connectivity index (χ0) is 11.8. The van der Waals surface area contributed by atoms with Gasteiger partial charge < -0.3 is 10.3 Å². The lowest BCUT2D eigenvalue weighted by molar-refractivity contribution is 0.798. The molecule has 0 aliphatic carbocycles. The Morgan fingerprint density at radius 1 is 1.29 bits per heavy atom. The number of rotatable bonds is 2. The highest BCUT2D eigenvalue weighted by molar-refractivity contribution is 5.85. The molecule has 0 unspecified atom stereocenters. The number of benzene rings is 1. The molecule has 17 heavy (non-hydrogen) atoms. The zero-order valence-corrected chi connectivity index (χ0v) is 9.64. The maximum atomic E-state index is 5.61. The lowest BCUT2D eigenvalue weighted by atomic mass is 10.1. The minimum absolute atomic E-state index is 0.520. The molecule has 0 amide bonds. The molecule has 0 saturated heterocycles. The third kappa shape index (κ3) is 1.58. The van der Waals surface area contributed by atoms with Crippen molar-refractivity contribution < 1.29 is 0 Å². The third-order valence-electron chi connectivity index (χ3n) is 3.02. The molecule has 4 nitrogen and oxygen atoms in total. The van der Waals surface area contributed by atoms with Crippen molar-refractivity contribution in [3.63, 3.8) is 0 Å². The topological polar surface area (TPSA) is 59.6 Å². The Morgan fingerprint density at radius 3 is 2.88 bits per heavy atom. The van der Waals surface area contributed by atoms with E-state index in [4.69, 9.17) is 5.73 Å². The molecule has 0 saturated carbocycles. The van der Waals surface area contributed by atoms with Gasteiger partial charge in [0.05, 0.1) is 5.69 Å². The lowest BCUT2D eigenvalue weighted by Gasteiger charge is -2.02. The minimum Gasteiger partial charge on any atom is -0.382 e. The summed E-state index contributed by atoms with van der Waals surface area (Å²) in [6.07, 6.45) is 2.11. The summed E-state index contributed by atoms with van der Waals surface area (Å²) < 4.78 is 2.22. The first kappa shape index (κ1) is 9.96. The fourth-order valence-corrected chi connectivity index (χ4v) is 2.13. The Hall–Kier alpha value is -2.23. The van der Waals surface area contributed by atoms with Gasteiger partial charge in [0.1, 0.15) is 5.82 Å². The molecule has 0 aliphatic rings. The molecule has 0 atom stereocenters. The number of nitrogen functional groups attached to an aromatic ring is 1. The molecule has 0 bridgehead atoms. The molecule has 2 aromatic heterocycles. The van der Waals surface area contributed by atoms with E-state index < -0.39 is 0 Å². The molecule has 4 heteroatoms. The minimum atomic E-state index is 0.520. The van der Waals surface area contributed by atoms with Crippen LogP contribution in [0, 0.1) is 0 Å². The second kappa shape index (κ2) is 3.66. The number of aromatic nitrogens is 3. The number of hydrogen-bond donors (Lipinski definition) is 2. The Balaban J connectivity index is 2.14. The number of fused-ring (bicyclic) bond motifs is 1. The van der Waals surface area contributed by atoms with Crippen LogP contribution in [-0.2, 0) is 6.54 Å². The Labute approximate surface area is 99.1 Å². The van der Waals surface area contributed by atoms with Crippen LogP contribution in [0.4, 0.5) is 5.82 Å². The number of nitrogens with zero attached hydrogens (tertiary/aromatic N) is 2. The van der Waals surface area contributed by atoms with E-state index in [1.165, 1.54) is 10.9 Å². The highest BCUT2D eigenvalue weighted by Gasteiger charge is 2.04. The molecule has 0 fully saturated rings. The van der Waals surface area contributed by atoms with Gasteiger partial charge in [-0.05, 0) is 25.1 Å². The maximum absolute atomic E-state index is 5.61. The Morgan fingerprint density at radius 2 is 2.18 bits per heavy atom. The normalized spacial score (nSPS) is 11.1. The van der Waals surface area contributed by atoms with Crippen LogP contribution in [0.2, 0.25) is 0 Å². The van der Waals surface area contributed by atoms with Gasteiger partial charge in [-0.2, -0.15) is 5.10 Å². The standard InChI is InChI=1S/C13H14N4/c1-2-17-6-5-10-7-9(3-4-12(10)17)11-8-13(14)16-15-11/h3-8H,2H2,1H3,(H3,14,15,16). The van der Waals surface area contributed by atoms with Gasteiger partial charge in [-0.1, -0.05) is 6.07 Å². The van der Waals surface area contributed by atoms with Gasteiger partial charge in [-0.3, -0.25) is 5.10 Å². The van der Waals surface area contributed by atoms with E-state index in [2.05, 4.69) is 52.2 Å². The van der Waals surface area contributed by atoms with Gasteiger partial charge in [0, 0.05) is 35.3 Å². The van der Waals surface area contributed by atoms with E-state index >= 15 is 0 Å². The van der Waals surface area contributed by atoms with Crippen LogP contribution in [0.25, 0.3) is 22.2 Å². The fourth-order valence-electron chi connectivity index (χ4n) is 2.13. The Kier molecular flexibility index (Phi) is 2.14. The van der Waals surface area contributed by atoms with Gasteiger partial charge in [0.15, 0.2) is 0 Å². The number of anilines is 1. The summed E-state index contributed by atoms with van der Waals surface area (Å²) in [6, 6.07) is 10.3. The van der Waals surface area contributed by atoms with E-state index in [9.17, 15) is 0 Å². The van der Waals surface area contributed by atoms with Crippen LogP contribution in [-0.4, -0.2) is 14.8 Å². The highest BCUT2D eigenvalue weighted by Crippen LogP contribution is 2.24. The van der Waals surface area contributed by atoms with Crippen molar-refractivity contribution in [3.8, 4) is 11.3 Å². The van der Waals surface area contributed by atoms with Crippen LogP contribution in [0.1, 0.15) is 6.92 Å². The van der Waals surface area contributed by atoms with Crippen molar-refractivity contribution in [1.29, 1.82) is 0 Å². The van der Waals surface area contributed by atoms with E-state index in [1.54, 1.807) is 0 Å². The van der Waals surface area contributed by atoms with Gasteiger partial charge >= 0.3 is 0 Å². The van der Waals surface area contributed by atoms with Gasteiger partial charge in [-0.15, -0.1) is 0 Å². The van der Waals surface area contributed by atoms with Crippen LogP contribution in [0.5, 0.6) is 0 Å². The number of hydrogen-bond acceptors (Lipinski definition) is 2. The predicted molar refractivity (Wildman–Crippen MR) is 69.6 cm³/mol. The summed E-state index contributed by atoms with van der Waals surface area (Å²) in [4.78, 5) is 0. The molecule has 0 spiro atoms. The van der Waals surface area contributed by atoms with Gasteiger partial charge in [0.2, 0.25) is 0 Å². The monoisotopic (exact) mass is 226 g/mol. The van der Waals surface area contributed by atoms with Crippen molar-refractivity contribution in [1.82, 2.24) is 14.8 Å². The van der Waals surface area contributed by atoms with E-state index in [0.29, 0.717) is 5.82 Å². The predicted octanol–water partition coefficient (Wildman–Crippen LogP) is 2.63. The Bertz CT molecular complexity index is 663. The summed E-state index contributed by atoms with van der Waals surface area (Å²) in [7, 11) is 0. The van der Waals surface area contributed by atoms with Crippen molar-refractivity contribution in [3.05, 3.63) is 36.5 Å². The number of H-pyrrole nitrogens is 1. The second-order valence-electron chi connectivity index (χ2n) is 4.08. The summed E-state index contributed by atoms with van der Waals surface area (Å²) >= 11 is 0. The van der Waals surface area contributed by atoms with E-state index in [-0.39, 0.29) is 0 Å². The van der Waals surface area contributed by atoms with E-state index in [1.807, 2.05) is 6.07 Å². The molecule has 3 rings (SSSR count). The number of aromatic amines is 1. The average Bonchev–Trinajstić information content (AvgIpc) is 2.94. The molecule has 86 valence electrons. The molecule has 1 aromatic carbocycles. The molecule has 2 heterocycles. The largest absolute Gasteiger partial charge is 0.382 e. The number of nitrogens with one attached hydrogen (secondary N) is 1. The zero-order valence-electron chi connectivity index (χ0n) is 9.64. The number of nitrogens with two attached hydrogens (primary N) is 1. The first-order valence-corrected chi connectivity index (χ1v) is 5.68. The first-order chi connectivity index (χ1) is 8.28. The molecule has 3 aromatic rings. The third-order valence-corrected chi connectivity index (χ3v) is 3.02. The summed E-state index contributed by atoms with van der Waals surface area (Å²) in [5.41, 5.74) is 8.92. The number of aryl methyl sites for hydroxylation is 1. The quantitative estimate of drug-likeness (QED) is 0.705. The average molecular weight is 226 g/mol. The maximum Gasteiger partial charge on any atom is 0.145 e. The molecule has 0 radical (unpaired) electrons. The summed E-state index contributed by atoms with van der Waals surface area (Å²) in [6.45, 7) is 3.13. The first-order valence-electron chi connectivity index (χ1n) is 5.68.